The molecule has 0 spiro atoms. The van der Waals surface area contributed by atoms with Gasteiger partial charge in [-0.25, -0.2) is 9.69 Å². The summed E-state index contributed by atoms with van der Waals surface area (Å²) < 4.78 is 13.8. The summed E-state index contributed by atoms with van der Waals surface area (Å²) in [5.41, 5.74) is 1.98. The molecule has 5 rings (SSSR count). The molecular formula is C25H27N3O6. The van der Waals surface area contributed by atoms with Gasteiger partial charge in [-0.3, -0.25) is 19.3 Å². The topological polar surface area (TPSA) is 98.2 Å². The third-order valence-electron chi connectivity index (χ3n) is 6.90. The molecule has 1 aliphatic carbocycles. The van der Waals surface area contributed by atoms with Crippen LogP contribution in [0.5, 0.6) is 11.5 Å². The molecule has 3 aliphatic rings. The fourth-order valence-electron chi connectivity index (χ4n) is 5.10. The van der Waals surface area contributed by atoms with Gasteiger partial charge in [-0.2, -0.15) is 0 Å². The molecule has 2 aromatic rings. The molecule has 1 atom stereocenters. The third-order valence-corrected chi connectivity index (χ3v) is 6.90. The van der Waals surface area contributed by atoms with E-state index in [1.807, 2.05) is 42.7 Å². The fraction of sp³-hybridized carbons (Fsp3) is 0.440. The van der Waals surface area contributed by atoms with E-state index in [4.69, 9.17) is 9.47 Å². The summed E-state index contributed by atoms with van der Waals surface area (Å²) in [4.78, 5) is 52.7. The Hall–Kier alpha value is -3.62. The van der Waals surface area contributed by atoms with Gasteiger partial charge in [0.2, 0.25) is 0 Å². The van der Waals surface area contributed by atoms with E-state index in [1.165, 1.54) is 0 Å². The molecule has 1 saturated heterocycles. The van der Waals surface area contributed by atoms with Crippen molar-refractivity contribution in [1.29, 1.82) is 0 Å². The number of carbonyl (C=O) groups excluding carboxylic acids is 4. The number of aryl methyl sites for hydroxylation is 1. The Labute approximate surface area is 197 Å². The Morgan fingerprint density at radius 3 is 2.47 bits per heavy atom. The van der Waals surface area contributed by atoms with Crippen LogP contribution in [0.3, 0.4) is 0 Å². The second kappa shape index (κ2) is 8.62. The third kappa shape index (κ3) is 3.74. The van der Waals surface area contributed by atoms with Crippen LogP contribution in [-0.4, -0.2) is 63.3 Å². The van der Waals surface area contributed by atoms with Gasteiger partial charge in [0.05, 0.1) is 13.1 Å². The van der Waals surface area contributed by atoms with E-state index >= 15 is 0 Å². The first kappa shape index (κ1) is 22.2. The summed E-state index contributed by atoms with van der Waals surface area (Å²) in [7, 11) is 0. The molecule has 1 aromatic carbocycles. The first-order valence-electron chi connectivity index (χ1n) is 11.6. The second-order valence-corrected chi connectivity index (χ2v) is 9.10. The van der Waals surface area contributed by atoms with Crippen molar-refractivity contribution in [2.45, 2.75) is 58.2 Å². The first-order valence-corrected chi connectivity index (χ1v) is 11.6. The summed E-state index contributed by atoms with van der Waals surface area (Å²) in [5, 5.41) is 0. The predicted octanol–water partition coefficient (Wildman–Crippen LogP) is 2.86. The van der Waals surface area contributed by atoms with E-state index in [9.17, 15) is 19.2 Å². The van der Waals surface area contributed by atoms with E-state index < -0.39 is 24.4 Å². The number of para-hydroxylation sites is 2. The van der Waals surface area contributed by atoms with Crippen LogP contribution in [0.1, 0.15) is 47.4 Å². The SMILES string of the molecule is Cc1cc(C(=O)CN2C(=O)C(=O)N(C3CCCC3)C2=O)c(C)n1C[C@@H]1COc2ccccc2O1. The predicted molar refractivity (Wildman–Crippen MR) is 121 cm³/mol. The number of benzene rings is 1. The average Bonchev–Trinajstić information content (AvgIpc) is 3.50. The quantitative estimate of drug-likeness (QED) is 0.370. The van der Waals surface area contributed by atoms with Gasteiger partial charge in [0.15, 0.2) is 23.4 Å². The van der Waals surface area contributed by atoms with Gasteiger partial charge in [-0.1, -0.05) is 25.0 Å². The van der Waals surface area contributed by atoms with Crippen LogP contribution < -0.4 is 9.47 Å². The Morgan fingerprint density at radius 2 is 1.74 bits per heavy atom. The Morgan fingerprint density at radius 1 is 1.03 bits per heavy atom. The van der Waals surface area contributed by atoms with Crippen LogP contribution in [0.2, 0.25) is 0 Å². The number of ether oxygens (including phenoxy) is 2. The van der Waals surface area contributed by atoms with Crippen molar-refractivity contribution in [2.24, 2.45) is 0 Å². The van der Waals surface area contributed by atoms with Gasteiger partial charge in [-0.05, 0) is 44.9 Å². The molecule has 1 aromatic heterocycles. The number of ketones is 1. The largest absolute Gasteiger partial charge is 0.486 e. The number of rotatable bonds is 6. The fourth-order valence-corrected chi connectivity index (χ4v) is 5.10. The average molecular weight is 466 g/mol. The first-order chi connectivity index (χ1) is 16.3. The molecule has 2 fully saturated rings. The number of fused-ring (bicyclic) bond motifs is 1. The molecule has 34 heavy (non-hydrogen) atoms. The second-order valence-electron chi connectivity index (χ2n) is 9.10. The van der Waals surface area contributed by atoms with Crippen molar-refractivity contribution in [2.75, 3.05) is 13.2 Å². The number of nitrogens with zero attached hydrogens (tertiary/aromatic N) is 3. The van der Waals surface area contributed by atoms with E-state index in [0.717, 1.165) is 28.3 Å². The molecule has 0 unspecified atom stereocenters. The highest BCUT2D eigenvalue weighted by molar-refractivity contribution is 6.45. The molecule has 0 bridgehead atoms. The summed E-state index contributed by atoms with van der Waals surface area (Å²) in [5.74, 6) is -0.750. The van der Waals surface area contributed by atoms with Crippen LogP contribution in [0, 0.1) is 13.8 Å². The standard InChI is InChI=1S/C25H27N3O6/c1-15-11-19(16(2)26(15)12-18-14-33-21-9-5-6-10-22(21)34-18)20(29)13-27-23(30)24(31)28(25(27)32)17-7-3-4-8-17/h5-6,9-11,17-18H,3-4,7-8,12-14H2,1-2H3/t18-/m1/s1. The van der Waals surface area contributed by atoms with Crippen molar-refractivity contribution in [3.8, 4) is 11.5 Å². The molecule has 9 heteroatoms. The van der Waals surface area contributed by atoms with Gasteiger partial charge in [0.25, 0.3) is 0 Å². The maximum atomic E-state index is 13.1. The summed E-state index contributed by atoms with van der Waals surface area (Å²) in [6.07, 6.45) is 3.00. The lowest BCUT2D eigenvalue weighted by Crippen LogP contribution is -2.41. The van der Waals surface area contributed by atoms with Crippen molar-refractivity contribution in [3.63, 3.8) is 0 Å². The van der Waals surface area contributed by atoms with E-state index in [-0.39, 0.29) is 17.9 Å². The molecule has 1 saturated carbocycles. The summed E-state index contributed by atoms with van der Waals surface area (Å²) in [6, 6.07) is 8.29. The highest BCUT2D eigenvalue weighted by Gasteiger charge is 2.48. The number of imide groups is 2. The normalized spacial score (nSPS) is 20.5. The smallest absolute Gasteiger partial charge is 0.334 e. The number of Topliss-reactive ketones (excluding diaryl/α,β-unsaturated/α-hetero) is 1. The number of hydrogen-bond acceptors (Lipinski definition) is 6. The maximum Gasteiger partial charge on any atom is 0.334 e. The monoisotopic (exact) mass is 465 g/mol. The molecule has 0 N–H and O–H groups in total. The number of aromatic nitrogens is 1. The van der Waals surface area contributed by atoms with Crippen LogP contribution in [0.15, 0.2) is 30.3 Å². The zero-order chi connectivity index (χ0) is 24.0. The number of carbonyl (C=O) groups is 4. The van der Waals surface area contributed by atoms with Gasteiger partial charge >= 0.3 is 17.8 Å². The van der Waals surface area contributed by atoms with Gasteiger partial charge < -0.3 is 14.0 Å². The minimum Gasteiger partial charge on any atom is -0.486 e. The molecule has 2 aliphatic heterocycles. The molecule has 9 nitrogen and oxygen atoms in total. The van der Waals surface area contributed by atoms with Crippen molar-refractivity contribution in [3.05, 3.63) is 47.3 Å². The summed E-state index contributed by atoms with van der Waals surface area (Å²) in [6.45, 7) is 4.12. The van der Waals surface area contributed by atoms with E-state index in [0.29, 0.717) is 48.7 Å². The molecule has 0 radical (unpaired) electrons. The molecule has 178 valence electrons. The highest BCUT2D eigenvalue weighted by Crippen LogP contribution is 2.32. The minimum atomic E-state index is -0.925. The lowest BCUT2D eigenvalue weighted by Gasteiger charge is -2.27. The Bertz CT molecular complexity index is 1180. The molecule has 3 heterocycles. The Kier molecular flexibility index (Phi) is 5.63. The van der Waals surface area contributed by atoms with Crippen molar-refractivity contribution in [1.82, 2.24) is 14.4 Å². The van der Waals surface area contributed by atoms with E-state index in [2.05, 4.69) is 0 Å². The van der Waals surface area contributed by atoms with Gasteiger partial charge in [0, 0.05) is 23.0 Å². The van der Waals surface area contributed by atoms with Crippen LogP contribution in [0.4, 0.5) is 4.79 Å². The van der Waals surface area contributed by atoms with Crippen molar-refractivity contribution >= 4 is 23.6 Å². The van der Waals surface area contributed by atoms with Crippen molar-refractivity contribution < 1.29 is 28.7 Å². The summed E-state index contributed by atoms with van der Waals surface area (Å²) >= 11 is 0. The van der Waals surface area contributed by atoms with Gasteiger partial charge in [-0.15, -0.1) is 0 Å². The zero-order valence-electron chi connectivity index (χ0n) is 19.3. The molecular weight excluding hydrogens is 438 g/mol. The minimum absolute atomic E-state index is 0.234. The lowest BCUT2D eigenvalue weighted by atomic mass is 10.1. The lowest BCUT2D eigenvalue weighted by molar-refractivity contribution is -0.143. The molecule has 4 amide bonds. The van der Waals surface area contributed by atoms with Crippen LogP contribution in [0.25, 0.3) is 0 Å². The van der Waals surface area contributed by atoms with Gasteiger partial charge in [0.1, 0.15) is 6.61 Å². The van der Waals surface area contributed by atoms with Crippen LogP contribution in [-0.2, 0) is 16.1 Å². The number of hydrogen-bond donors (Lipinski definition) is 0. The van der Waals surface area contributed by atoms with Crippen LogP contribution >= 0.6 is 0 Å². The van der Waals surface area contributed by atoms with E-state index in [1.54, 1.807) is 6.07 Å². The zero-order valence-corrected chi connectivity index (χ0v) is 19.3. The number of urea groups is 1. The highest BCUT2D eigenvalue weighted by atomic mass is 16.6. The number of amides is 4. The maximum absolute atomic E-state index is 13.1. The Balaban J connectivity index is 1.30.